The van der Waals surface area contributed by atoms with E-state index in [2.05, 4.69) is 39.3 Å². The van der Waals surface area contributed by atoms with Gasteiger partial charge in [-0.3, -0.25) is 9.63 Å². The number of ketones is 1. The Balaban J connectivity index is 2.22. The van der Waals surface area contributed by atoms with Gasteiger partial charge in [-0.15, -0.1) is 6.58 Å². The standard InChI is InChI=1S/C22H33NO2/c1-6-7-9-15-19(20(24)18-13-10-8-11-14-18)25-23-21(2,3)16-12-17-22(23,4)5/h6,8,10-11,13-14,19H,1,7,9,12,15-17H2,2-5H3. The summed E-state index contributed by atoms with van der Waals surface area (Å²) in [7, 11) is 0. The van der Waals surface area contributed by atoms with E-state index in [0.717, 1.165) is 31.2 Å². The normalized spacial score (nSPS) is 20.8. The maximum Gasteiger partial charge on any atom is 0.193 e. The van der Waals surface area contributed by atoms with Crippen molar-refractivity contribution >= 4 is 5.78 Å². The summed E-state index contributed by atoms with van der Waals surface area (Å²) in [5, 5.41) is 2.10. The highest BCUT2D eigenvalue weighted by molar-refractivity contribution is 5.99. The molecule has 0 radical (unpaired) electrons. The van der Waals surface area contributed by atoms with Gasteiger partial charge in [0.15, 0.2) is 5.78 Å². The molecule has 3 nitrogen and oxygen atoms in total. The first-order valence-corrected chi connectivity index (χ1v) is 9.45. The van der Waals surface area contributed by atoms with Crippen molar-refractivity contribution in [3.8, 4) is 0 Å². The minimum Gasteiger partial charge on any atom is -0.291 e. The number of hydroxylamine groups is 2. The van der Waals surface area contributed by atoms with Crippen LogP contribution in [0.4, 0.5) is 0 Å². The highest BCUT2D eigenvalue weighted by Crippen LogP contribution is 2.39. The van der Waals surface area contributed by atoms with Crippen LogP contribution in [0.25, 0.3) is 0 Å². The minimum absolute atomic E-state index is 0.0711. The number of allylic oxidation sites excluding steroid dienone is 1. The molecule has 0 amide bonds. The third-order valence-corrected chi connectivity index (χ3v) is 5.13. The van der Waals surface area contributed by atoms with Gasteiger partial charge in [0.25, 0.3) is 0 Å². The van der Waals surface area contributed by atoms with E-state index in [4.69, 9.17) is 4.84 Å². The van der Waals surface area contributed by atoms with E-state index < -0.39 is 6.10 Å². The topological polar surface area (TPSA) is 29.5 Å². The molecule has 25 heavy (non-hydrogen) atoms. The molecule has 0 aromatic heterocycles. The highest BCUT2D eigenvalue weighted by atomic mass is 16.7. The fourth-order valence-corrected chi connectivity index (χ4v) is 3.86. The van der Waals surface area contributed by atoms with Crippen molar-refractivity contribution in [1.29, 1.82) is 0 Å². The van der Waals surface area contributed by atoms with E-state index in [1.807, 2.05) is 36.4 Å². The molecular formula is C22H33NO2. The van der Waals surface area contributed by atoms with Gasteiger partial charge >= 0.3 is 0 Å². The van der Waals surface area contributed by atoms with Gasteiger partial charge in [-0.05, 0) is 66.2 Å². The number of rotatable bonds is 8. The van der Waals surface area contributed by atoms with E-state index in [-0.39, 0.29) is 16.9 Å². The molecule has 1 heterocycles. The average molecular weight is 344 g/mol. The summed E-state index contributed by atoms with van der Waals surface area (Å²) in [5.41, 5.74) is 0.573. The molecule has 0 bridgehead atoms. The smallest absolute Gasteiger partial charge is 0.193 e. The molecule has 1 unspecified atom stereocenters. The van der Waals surface area contributed by atoms with Gasteiger partial charge in [-0.2, -0.15) is 5.06 Å². The molecule has 1 aliphatic rings. The summed E-state index contributed by atoms with van der Waals surface area (Å²) in [6.07, 6.45) is 7.31. The van der Waals surface area contributed by atoms with Crippen molar-refractivity contribution in [2.45, 2.75) is 83.4 Å². The summed E-state index contributed by atoms with van der Waals surface area (Å²) in [4.78, 5) is 19.5. The second-order valence-electron chi connectivity index (χ2n) is 8.32. The molecular weight excluding hydrogens is 310 g/mol. The summed E-state index contributed by atoms with van der Waals surface area (Å²) < 4.78 is 0. The molecule has 2 rings (SSSR count). The number of hydrogen-bond acceptors (Lipinski definition) is 3. The van der Waals surface area contributed by atoms with Crippen LogP contribution in [0.15, 0.2) is 43.0 Å². The Hall–Kier alpha value is -1.45. The predicted octanol–water partition coefficient (Wildman–Crippen LogP) is 5.57. The molecule has 1 atom stereocenters. The molecule has 1 aromatic carbocycles. The van der Waals surface area contributed by atoms with Gasteiger partial charge in [0, 0.05) is 16.6 Å². The Kier molecular flexibility index (Phi) is 6.59. The van der Waals surface area contributed by atoms with Crippen molar-refractivity contribution in [1.82, 2.24) is 5.06 Å². The van der Waals surface area contributed by atoms with Gasteiger partial charge in [0.2, 0.25) is 0 Å². The van der Waals surface area contributed by atoms with Gasteiger partial charge < -0.3 is 0 Å². The third-order valence-electron chi connectivity index (χ3n) is 5.13. The maximum atomic E-state index is 13.1. The zero-order valence-electron chi connectivity index (χ0n) is 16.3. The molecule has 1 fully saturated rings. The summed E-state index contributed by atoms with van der Waals surface area (Å²) in [5.74, 6) is 0.0711. The molecule has 1 aliphatic heterocycles. The summed E-state index contributed by atoms with van der Waals surface area (Å²) in [6, 6.07) is 9.49. The molecule has 0 saturated carbocycles. The van der Waals surface area contributed by atoms with E-state index in [0.29, 0.717) is 6.42 Å². The summed E-state index contributed by atoms with van der Waals surface area (Å²) >= 11 is 0. The quantitative estimate of drug-likeness (QED) is 0.351. The van der Waals surface area contributed by atoms with Crippen LogP contribution in [0.3, 0.4) is 0 Å². The second kappa shape index (κ2) is 8.29. The van der Waals surface area contributed by atoms with Crippen LogP contribution in [0.1, 0.15) is 76.6 Å². The van der Waals surface area contributed by atoms with Crippen molar-refractivity contribution < 1.29 is 9.63 Å². The number of carbonyl (C=O) groups excluding carboxylic acids is 1. The van der Waals surface area contributed by atoms with Crippen LogP contribution < -0.4 is 0 Å². The van der Waals surface area contributed by atoms with Gasteiger partial charge in [0.05, 0.1) is 0 Å². The van der Waals surface area contributed by atoms with Crippen LogP contribution in [0.2, 0.25) is 0 Å². The lowest BCUT2D eigenvalue weighted by atomic mass is 9.82. The molecule has 0 spiro atoms. The fourth-order valence-electron chi connectivity index (χ4n) is 3.86. The number of piperidine rings is 1. The number of nitrogens with zero attached hydrogens (tertiary/aromatic N) is 1. The fraction of sp³-hybridized carbons (Fsp3) is 0.591. The first kappa shape index (κ1) is 19.9. The maximum absolute atomic E-state index is 13.1. The molecule has 138 valence electrons. The SMILES string of the molecule is C=CCCCC(ON1C(C)(C)CCCC1(C)C)C(=O)c1ccccc1. The first-order chi connectivity index (χ1) is 11.8. The highest BCUT2D eigenvalue weighted by Gasteiger charge is 2.44. The Morgan fingerprint density at radius 1 is 1.20 bits per heavy atom. The molecule has 0 N–H and O–H groups in total. The number of hydrogen-bond donors (Lipinski definition) is 0. The zero-order chi connectivity index (χ0) is 18.5. The van der Waals surface area contributed by atoms with Crippen LogP contribution in [0.5, 0.6) is 0 Å². The molecule has 0 aliphatic carbocycles. The minimum atomic E-state index is -0.445. The van der Waals surface area contributed by atoms with Gasteiger partial charge in [0.1, 0.15) is 6.10 Å². The lowest BCUT2D eigenvalue weighted by molar-refractivity contribution is -0.295. The van der Waals surface area contributed by atoms with Crippen LogP contribution >= 0.6 is 0 Å². The molecule has 1 aromatic rings. The number of benzene rings is 1. The number of carbonyl (C=O) groups is 1. The van der Waals surface area contributed by atoms with Crippen LogP contribution in [-0.2, 0) is 4.84 Å². The lowest BCUT2D eigenvalue weighted by Gasteiger charge is -2.52. The van der Waals surface area contributed by atoms with E-state index in [9.17, 15) is 4.79 Å². The summed E-state index contributed by atoms with van der Waals surface area (Å²) in [6.45, 7) is 12.6. The Labute approximate surface area is 153 Å². The van der Waals surface area contributed by atoms with Crippen molar-refractivity contribution in [3.63, 3.8) is 0 Å². The van der Waals surface area contributed by atoms with Crippen LogP contribution in [0, 0.1) is 0 Å². The van der Waals surface area contributed by atoms with E-state index in [1.165, 1.54) is 6.42 Å². The van der Waals surface area contributed by atoms with Gasteiger partial charge in [-0.1, -0.05) is 36.4 Å². The monoisotopic (exact) mass is 343 g/mol. The zero-order valence-corrected chi connectivity index (χ0v) is 16.3. The third kappa shape index (κ3) is 5.02. The lowest BCUT2D eigenvalue weighted by Crippen LogP contribution is -2.59. The number of Topliss-reactive ketones (excluding diaryl/α,β-unsaturated/α-hetero) is 1. The predicted molar refractivity (Wildman–Crippen MR) is 104 cm³/mol. The van der Waals surface area contributed by atoms with E-state index in [1.54, 1.807) is 0 Å². The second-order valence-corrected chi connectivity index (χ2v) is 8.32. The Morgan fingerprint density at radius 2 is 1.80 bits per heavy atom. The van der Waals surface area contributed by atoms with Crippen LogP contribution in [-0.4, -0.2) is 28.0 Å². The van der Waals surface area contributed by atoms with E-state index >= 15 is 0 Å². The molecule has 3 heteroatoms. The van der Waals surface area contributed by atoms with Crippen molar-refractivity contribution in [3.05, 3.63) is 48.6 Å². The average Bonchev–Trinajstić information content (AvgIpc) is 2.56. The Morgan fingerprint density at radius 3 is 2.36 bits per heavy atom. The first-order valence-electron chi connectivity index (χ1n) is 9.45. The Bertz CT molecular complexity index is 561. The number of unbranched alkanes of at least 4 members (excludes halogenated alkanes) is 1. The van der Waals surface area contributed by atoms with Crippen molar-refractivity contribution in [2.24, 2.45) is 0 Å². The molecule has 1 saturated heterocycles. The largest absolute Gasteiger partial charge is 0.291 e. The van der Waals surface area contributed by atoms with Crippen molar-refractivity contribution in [2.75, 3.05) is 0 Å². The van der Waals surface area contributed by atoms with Gasteiger partial charge in [-0.25, -0.2) is 0 Å².